The molecule has 0 fully saturated rings. The van der Waals surface area contributed by atoms with Crippen LogP contribution in [-0.4, -0.2) is 44.4 Å². The zero-order valence-corrected chi connectivity index (χ0v) is 13.1. The zero-order chi connectivity index (χ0) is 16.9. The Morgan fingerprint density at radius 3 is 2.50 bits per heavy atom. The van der Waals surface area contributed by atoms with Gasteiger partial charge in [-0.2, -0.15) is 5.10 Å². The number of carboxylic acid groups (broad SMARTS) is 1. The van der Waals surface area contributed by atoms with E-state index in [-0.39, 0.29) is 24.3 Å². The molecule has 0 unspecified atom stereocenters. The molecule has 1 rings (SSSR count). The molecule has 0 spiro atoms. The Bertz CT molecular complexity index is 559. The number of rotatable bonds is 6. The van der Waals surface area contributed by atoms with Crippen LogP contribution in [0.15, 0.2) is 12.3 Å². The molecule has 0 aliphatic rings. The van der Waals surface area contributed by atoms with E-state index in [1.807, 2.05) is 0 Å². The van der Waals surface area contributed by atoms with Crippen LogP contribution in [0.2, 0.25) is 0 Å². The first kappa shape index (κ1) is 17.7. The Labute approximate surface area is 128 Å². The van der Waals surface area contributed by atoms with Gasteiger partial charge in [-0.25, -0.2) is 9.59 Å². The third-order valence-electron chi connectivity index (χ3n) is 2.65. The summed E-state index contributed by atoms with van der Waals surface area (Å²) in [5.41, 5.74) is -0.458. The molecule has 0 saturated heterocycles. The van der Waals surface area contributed by atoms with Gasteiger partial charge in [0, 0.05) is 19.7 Å². The lowest BCUT2D eigenvalue weighted by atomic mass is 10.1. The minimum atomic E-state index is -1.22. The van der Waals surface area contributed by atoms with Crippen LogP contribution in [0.25, 0.3) is 0 Å². The van der Waals surface area contributed by atoms with E-state index in [1.165, 1.54) is 4.68 Å². The molecular formula is C14H21N3O5. The second kappa shape index (κ2) is 7.06. The number of alkyl carbamates (subject to hydrolysis) is 1. The van der Waals surface area contributed by atoms with Gasteiger partial charge in [-0.3, -0.25) is 9.48 Å². The van der Waals surface area contributed by atoms with E-state index in [0.29, 0.717) is 0 Å². The van der Waals surface area contributed by atoms with Gasteiger partial charge < -0.3 is 15.2 Å². The highest BCUT2D eigenvalue weighted by Crippen LogP contribution is 2.09. The van der Waals surface area contributed by atoms with Gasteiger partial charge >= 0.3 is 12.1 Å². The molecule has 22 heavy (non-hydrogen) atoms. The minimum absolute atomic E-state index is 0.0377. The number of ketones is 1. The summed E-state index contributed by atoms with van der Waals surface area (Å²) in [4.78, 5) is 34.6. The molecule has 122 valence electrons. The largest absolute Gasteiger partial charge is 0.480 e. The average molecular weight is 311 g/mol. The predicted octanol–water partition coefficient (Wildman–Crippen LogP) is 1.36. The fourth-order valence-corrected chi connectivity index (χ4v) is 1.67. The van der Waals surface area contributed by atoms with Crippen LogP contribution in [0.5, 0.6) is 0 Å². The molecule has 1 atom stereocenters. The molecule has 0 aliphatic heterocycles. The van der Waals surface area contributed by atoms with Crippen LogP contribution in [0.4, 0.5) is 4.79 Å². The van der Waals surface area contributed by atoms with Crippen LogP contribution in [0, 0.1) is 0 Å². The summed E-state index contributed by atoms with van der Waals surface area (Å²) in [5.74, 6) is -1.50. The van der Waals surface area contributed by atoms with E-state index in [1.54, 1.807) is 40.1 Å². The van der Waals surface area contributed by atoms with E-state index in [0.717, 1.165) is 0 Å². The summed E-state index contributed by atoms with van der Waals surface area (Å²) < 4.78 is 6.49. The van der Waals surface area contributed by atoms with Crippen molar-refractivity contribution in [3.63, 3.8) is 0 Å². The van der Waals surface area contributed by atoms with Crippen LogP contribution in [0.1, 0.15) is 44.1 Å². The van der Waals surface area contributed by atoms with Gasteiger partial charge in [0.25, 0.3) is 0 Å². The number of amides is 1. The third kappa shape index (κ3) is 5.94. The van der Waals surface area contributed by atoms with Crippen molar-refractivity contribution < 1.29 is 24.2 Å². The second-order valence-corrected chi connectivity index (χ2v) is 5.87. The number of hydrogen-bond acceptors (Lipinski definition) is 5. The number of aromatic nitrogens is 2. The van der Waals surface area contributed by atoms with Gasteiger partial charge in [-0.15, -0.1) is 0 Å². The molecule has 0 radical (unpaired) electrons. The SMILES string of the molecule is Cn1ccc(C(=O)CC[C@H](NC(=O)OC(C)(C)C)C(=O)O)n1. The van der Waals surface area contributed by atoms with Gasteiger partial charge in [0.05, 0.1) is 0 Å². The van der Waals surface area contributed by atoms with Crippen molar-refractivity contribution in [2.75, 3.05) is 0 Å². The van der Waals surface area contributed by atoms with Crippen molar-refractivity contribution >= 4 is 17.8 Å². The average Bonchev–Trinajstić information content (AvgIpc) is 2.78. The summed E-state index contributed by atoms with van der Waals surface area (Å²) in [5, 5.41) is 15.3. The molecule has 1 aromatic rings. The number of Topliss-reactive ketones (excluding diaryl/α,β-unsaturated/α-hetero) is 1. The number of ether oxygens (including phenoxy) is 1. The summed E-state index contributed by atoms with van der Waals surface area (Å²) in [6, 6.07) is 0.363. The first-order valence-corrected chi connectivity index (χ1v) is 6.83. The van der Waals surface area contributed by atoms with Crippen LogP contribution < -0.4 is 5.32 Å². The molecule has 1 heterocycles. The quantitative estimate of drug-likeness (QED) is 0.767. The van der Waals surface area contributed by atoms with Crippen molar-refractivity contribution in [3.05, 3.63) is 18.0 Å². The monoisotopic (exact) mass is 311 g/mol. The summed E-state index contributed by atoms with van der Waals surface area (Å²) in [6.45, 7) is 5.02. The fourth-order valence-electron chi connectivity index (χ4n) is 1.67. The number of carbonyl (C=O) groups is 3. The number of carbonyl (C=O) groups excluding carboxylic acids is 2. The Hall–Kier alpha value is -2.38. The van der Waals surface area contributed by atoms with E-state index in [9.17, 15) is 14.4 Å². The molecule has 0 bridgehead atoms. The zero-order valence-electron chi connectivity index (χ0n) is 13.1. The Morgan fingerprint density at radius 2 is 2.05 bits per heavy atom. The predicted molar refractivity (Wildman–Crippen MR) is 77.6 cm³/mol. The first-order valence-electron chi connectivity index (χ1n) is 6.83. The van der Waals surface area contributed by atoms with Crippen LogP contribution in [0.3, 0.4) is 0 Å². The standard InChI is InChI=1S/C14H21N3O5/c1-14(2,3)22-13(21)15-10(12(19)20)5-6-11(18)9-7-8-17(4)16-9/h7-8,10H,5-6H2,1-4H3,(H,15,21)(H,19,20)/t10-/m0/s1. The van der Waals surface area contributed by atoms with Gasteiger partial charge in [0.2, 0.25) is 0 Å². The minimum Gasteiger partial charge on any atom is -0.480 e. The maximum atomic E-state index is 11.9. The highest BCUT2D eigenvalue weighted by atomic mass is 16.6. The Kier molecular flexibility index (Phi) is 5.67. The molecular weight excluding hydrogens is 290 g/mol. The molecule has 2 N–H and O–H groups in total. The maximum Gasteiger partial charge on any atom is 0.408 e. The van der Waals surface area contributed by atoms with Crippen LogP contribution >= 0.6 is 0 Å². The van der Waals surface area contributed by atoms with Crippen molar-refractivity contribution in [3.8, 4) is 0 Å². The number of nitrogens with zero attached hydrogens (tertiary/aromatic N) is 2. The van der Waals surface area contributed by atoms with Gasteiger partial charge in [0.1, 0.15) is 17.3 Å². The highest BCUT2D eigenvalue weighted by molar-refractivity contribution is 5.94. The van der Waals surface area contributed by atoms with E-state index in [2.05, 4.69) is 10.4 Å². The Balaban J connectivity index is 2.56. The second-order valence-electron chi connectivity index (χ2n) is 5.87. The fraction of sp³-hybridized carbons (Fsp3) is 0.571. The molecule has 0 aromatic carbocycles. The van der Waals surface area contributed by atoms with Gasteiger partial charge in [0.15, 0.2) is 5.78 Å². The highest BCUT2D eigenvalue weighted by Gasteiger charge is 2.25. The topological polar surface area (TPSA) is 111 Å². The van der Waals surface area contributed by atoms with Crippen molar-refractivity contribution in [2.45, 2.75) is 45.3 Å². The third-order valence-corrected chi connectivity index (χ3v) is 2.65. The van der Waals surface area contributed by atoms with Gasteiger partial charge in [-0.05, 0) is 33.3 Å². The molecule has 1 aromatic heterocycles. The van der Waals surface area contributed by atoms with Gasteiger partial charge in [-0.1, -0.05) is 0 Å². The number of carboxylic acids is 1. The first-order chi connectivity index (χ1) is 10.1. The van der Waals surface area contributed by atoms with Crippen LogP contribution in [-0.2, 0) is 16.6 Å². The molecule has 0 saturated carbocycles. The van der Waals surface area contributed by atoms with E-state index in [4.69, 9.17) is 9.84 Å². The molecule has 8 nitrogen and oxygen atoms in total. The smallest absolute Gasteiger partial charge is 0.408 e. The van der Waals surface area contributed by atoms with Crippen molar-refractivity contribution in [1.82, 2.24) is 15.1 Å². The summed E-state index contributed by atoms with van der Waals surface area (Å²) >= 11 is 0. The summed E-state index contributed by atoms with van der Waals surface area (Å²) in [7, 11) is 1.68. The lowest BCUT2D eigenvalue weighted by Crippen LogP contribution is -2.43. The maximum absolute atomic E-state index is 11.9. The number of aryl methyl sites for hydroxylation is 1. The normalized spacial score (nSPS) is 12.5. The number of hydrogen-bond donors (Lipinski definition) is 2. The Morgan fingerprint density at radius 1 is 1.41 bits per heavy atom. The lowest BCUT2D eigenvalue weighted by Gasteiger charge is -2.21. The molecule has 0 aliphatic carbocycles. The van der Waals surface area contributed by atoms with E-state index < -0.39 is 23.7 Å². The molecule has 1 amide bonds. The van der Waals surface area contributed by atoms with Crippen molar-refractivity contribution in [1.29, 1.82) is 0 Å². The number of aliphatic carboxylic acids is 1. The van der Waals surface area contributed by atoms with E-state index >= 15 is 0 Å². The lowest BCUT2D eigenvalue weighted by molar-refractivity contribution is -0.139. The number of nitrogens with one attached hydrogen (secondary N) is 1. The summed E-state index contributed by atoms with van der Waals surface area (Å²) in [6.07, 6.45) is 0.722. The van der Waals surface area contributed by atoms with Crippen molar-refractivity contribution in [2.24, 2.45) is 7.05 Å². The molecule has 8 heteroatoms.